The fraction of sp³-hybridized carbons (Fsp3) is 0.643. The number of likely N-dealkylation sites (N-methyl/N-ethyl adjacent to an activating group) is 1. The predicted molar refractivity (Wildman–Crippen MR) is 75.8 cm³/mol. The van der Waals surface area contributed by atoms with Gasteiger partial charge < -0.3 is 15.5 Å². The highest BCUT2D eigenvalue weighted by atomic mass is 15.2. The topological polar surface area (TPSA) is 40.2 Å². The van der Waals surface area contributed by atoms with Crippen molar-refractivity contribution in [3.63, 3.8) is 0 Å². The number of hydrogen-bond donors (Lipinski definition) is 2. The van der Waals surface area contributed by atoms with E-state index >= 15 is 0 Å². The van der Waals surface area contributed by atoms with Crippen LogP contribution in [0, 0.1) is 5.92 Å². The number of hydrogen-bond acceptors (Lipinski definition) is 4. The molecular weight excluding hydrogens is 224 g/mol. The Hall–Kier alpha value is -1.13. The summed E-state index contributed by atoms with van der Waals surface area (Å²) >= 11 is 0. The van der Waals surface area contributed by atoms with Gasteiger partial charge in [-0.15, -0.1) is 0 Å². The fourth-order valence-electron chi connectivity index (χ4n) is 2.19. The summed E-state index contributed by atoms with van der Waals surface area (Å²) in [5, 5.41) is 6.94. The lowest BCUT2D eigenvalue weighted by atomic mass is 10.1. The van der Waals surface area contributed by atoms with E-state index in [1.165, 1.54) is 5.56 Å². The lowest BCUT2D eigenvalue weighted by Crippen LogP contribution is -2.43. The Labute approximate surface area is 110 Å². The maximum Gasteiger partial charge on any atom is 0.126 e. The minimum atomic E-state index is 0.423. The van der Waals surface area contributed by atoms with Crippen molar-refractivity contribution < 1.29 is 0 Å². The van der Waals surface area contributed by atoms with E-state index in [1.54, 1.807) is 0 Å². The molecule has 1 aliphatic rings. The second-order valence-electron chi connectivity index (χ2n) is 5.52. The molecule has 1 aromatic rings. The number of anilines is 1. The van der Waals surface area contributed by atoms with Crippen LogP contribution in [0.25, 0.3) is 0 Å². The molecule has 1 saturated heterocycles. The first-order valence-electron chi connectivity index (χ1n) is 6.77. The molecule has 1 atom stereocenters. The van der Waals surface area contributed by atoms with E-state index in [4.69, 9.17) is 0 Å². The zero-order valence-electron chi connectivity index (χ0n) is 11.6. The molecule has 0 amide bonds. The quantitative estimate of drug-likeness (QED) is 0.851. The summed E-state index contributed by atoms with van der Waals surface area (Å²) < 4.78 is 0. The van der Waals surface area contributed by atoms with E-state index in [0.29, 0.717) is 12.0 Å². The number of aromatic nitrogens is 1. The van der Waals surface area contributed by atoms with Crippen LogP contribution in [0.15, 0.2) is 18.3 Å². The van der Waals surface area contributed by atoms with Gasteiger partial charge in [0.05, 0.1) is 0 Å². The normalized spacial score (nSPS) is 21.2. The lowest BCUT2D eigenvalue weighted by molar-refractivity contribution is 0.241. The van der Waals surface area contributed by atoms with Gasteiger partial charge in [-0.1, -0.05) is 13.8 Å². The van der Waals surface area contributed by atoms with Crippen LogP contribution >= 0.6 is 0 Å². The lowest BCUT2D eigenvalue weighted by Gasteiger charge is -2.31. The van der Waals surface area contributed by atoms with E-state index in [0.717, 1.165) is 32.0 Å². The van der Waals surface area contributed by atoms with Crippen molar-refractivity contribution in [1.82, 2.24) is 15.2 Å². The zero-order valence-corrected chi connectivity index (χ0v) is 11.6. The molecule has 1 fully saturated rings. The van der Waals surface area contributed by atoms with Crippen LogP contribution in [0.5, 0.6) is 0 Å². The fourth-order valence-corrected chi connectivity index (χ4v) is 2.19. The average molecular weight is 248 g/mol. The Bertz CT molecular complexity index is 378. The van der Waals surface area contributed by atoms with Crippen LogP contribution in [-0.4, -0.2) is 43.1 Å². The first kappa shape index (κ1) is 13.3. The van der Waals surface area contributed by atoms with Gasteiger partial charge in [0, 0.05) is 38.4 Å². The highest BCUT2D eigenvalue weighted by Gasteiger charge is 2.18. The average Bonchev–Trinajstić information content (AvgIpc) is 2.37. The van der Waals surface area contributed by atoms with E-state index in [9.17, 15) is 0 Å². The van der Waals surface area contributed by atoms with E-state index < -0.39 is 0 Å². The summed E-state index contributed by atoms with van der Waals surface area (Å²) in [5.74, 6) is 1.62. The SMILES string of the molecule is CC(C)CNc1cc(C2CN(C)CCN2)ccn1. The molecular formula is C14H24N4. The van der Waals surface area contributed by atoms with Crippen molar-refractivity contribution in [3.05, 3.63) is 23.9 Å². The van der Waals surface area contributed by atoms with Crippen molar-refractivity contribution in [2.24, 2.45) is 5.92 Å². The molecule has 0 saturated carbocycles. The number of nitrogens with one attached hydrogen (secondary N) is 2. The molecule has 2 N–H and O–H groups in total. The molecule has 100 valence electrons. The van der Waals surface area contributed by atoms with Gasteiger partial charge in [-0.3, -0.25) is 0 Å². The monoisotopic (exact) mass is 248 g/mol. The molecule has 2 rings (SSSR count). The van der Waals surface area contributed by atoms with Crippen molar-refractivity contribution in [1.29, 1.82) is 0 Å². The minimum absolute atomic E-state index is 0.423. The van der Waals surface area contributed by atoms with E-state index in [-0.39, 0.29) is 0 Å². The van der Waals surface area contributed by atoms with Crippen LogP contribution in [0.4, 0.5) is 5.82 Å². The maximum atomic E-state index is 4.37. The van der Waals surface area contributed by atoms with Gasteiger partial charge in [0.2, 0.25) is 0 Å². The van der Waals surface area contributed by atoms with Crippen molar-refractivity contribution >= 4 is 5.82 Å². The summed E-state index contributed by atoms with van der Waals surface area (Å²) in [6.45, 7) is 8.61. The molecule has 1 aliphatic heterocycles. The van der Waals surface area contributed by atoms with Gasteiger partial charge in [-0.25, -0.2) is 4.98 Å². The van der Waals surface area contributed by atoms with Crippen molar-refractivity contribution in [2.75, 3.05) is 38.5 Å². The molecule has 4 heteroatoms. The molecule has 1 aromatic heterocycles. The first-order chi connectivity index (χ1) is 8.65. The predicted octanol–water partition coefficient (Wildman–Crippen LogP) is 1.73. The number of nitrogens with zero attached hydrogens (tertiary/aromatic N) is 2. The third-order valence-corrected chi connectivity index (χ3v) is 3.26. The molecule has 0 spiro atoms. The number of piperazine rings is 1. The third-order valence-electron chi connectivity index (χ3n) is 3.26. The molecule has 4 nitrogen and oxygen atoms in total. The van der Waals surface area contributed by atoms with Gasteiger partial charge in [-0.2, -0.15) is 0 Å². The molecule has 0 aromatic carbocycles. The smallest absolute Gasteiger partial charge is 0.126 e. The van der Waals surface area contributed by atoms with Crippen LogP contribution in [0.1, 0.15) is 25.5 Å². The Morgan fingerprint density at radius 3 is 3.11 bits per heavy atom. The number of pyridine rings is 1. The largest absolute Gasteiger partial charge is 0.370 e. The minimum Gasteiger partial charge on any atom is -0.370 e. The van der Waals surface area contributed by atoms with Crippen molar-refractivity contribution in [3.8, 4) is 0 Å². The molecule has 0 radical (unpaired) electrons. The van der Waals surface area contributed by atoms with E-state index in [1.807, 2.05) is 6.20 Å². The maximum absolute atomic E-state index is 4.37. The Morgan fingerprint density at radius 2 is 2.39 bits per heavy atom. The highest BCUT2D eigenvalue weighted by molar-refractivity contribution is 5.38. The second-order valence-corrected chi connectivity index (χ2v) is 5.52. The summed E-state index contributed by atoms with van der Waals surface area (Å²) in [6, 6.07) is 4.70. The third kappa shape index (κ3) is 3.68. The van der Waals surface area contributed by atoms with Gasteiger partial charge in [-0.05, 0) is 30.7 Å². The van der Waals surface area contributed by atoms with Crippen LogP contribution < -0.4 is 10.6 Å². The van der Waals surface area contributed by atoms with Gasteiger partial charge in [0.15, 0.2) is 0 Å². The Morgan fingerprint density at radius 1 is 1.56 bits per heavy atom. The summed E-state index contributed by atoms with van der Waals surface area (Å²) in [7, 11) is 2.17. The first-order valence-corrected chi connectivity index (χ1v) is 6.77. The van der Waals surface area contributed by atoms with E-state index in [2.05, 4.69) is 53.5 Å². The van der Waals surface area contributed by atoms with Crippen LogP contribution in [0.2, 0.25) is 0 Å². The molecule has 0 aliphatic carbocycles. The molecule has 1 unspecified atom stereocenters. The summed E-state index contributed by atoms with van der Waals surface area (Å²) in [4.78, 5) is 6.74. The molecule has 2 heterocycles. The van der Waals surface area contributed by atoms with Crippen LogP contribution in [0.3, 0.4) is 0 Å². The zero-order chi connectivity index (χ0) is 13.0. The molecule has 0 bridgehead atoms. The van der Waals surface area contributed by atoms with Crippen LogP contribution in [-0.2, 0) is 0 Å². The van der Waals surface area contributed by atoms with Gasteiger partial charge >= 0.3 is 0 Å². The summed E-state index contributed by atoms with van der Waals surface area (Å²) in [5.41, 5.74) is 1.32. The number of rotatable bonds is 4. The highest BCUT2D eigenvalue weighted by Crippen LogP contribution is 2.18. The second kappa shape index (κ2) is 6.16. The van der Waals surface area contributed by atoms with Crippen molar-refractivity contribution in [2.45, 2.75) is 19.9 Å². The Kier molecular flexibility index (Phi) is 4.55. The van der Waals surface area contributed by atoms with Gasteiger partial charge in [0.1, 0.15) is 5.82 Å². The summed E-state index contributed by atoms with van der Waals surface area (Å²) in [6.07, 6.45) is 1.90. The standard InChI is InChI=1S/C14H24N4/c1-11(2)9-17-14-8-12(4-5-16-14)13-10-18(3)7-6-15-13/h4-5,8,11,13,15H,6-7,9-10H2,1-3H3,(H,16,17). The Balaban J connectivity index is 2.02. The molecule has 18 heavy (non-hydrogen) atoms. The van der Waals surface area contributed by atoms with Gasteiger partial charge in [0.25, 0.3) is 0 Å².